The number of anilines is 2. The first-order valence-corrected chi connectivity index (χ1v) is 9.40. The number of nitrogens with one attached hydrogen (secondary N) is 2. The van der Waals surface area contributed by atoms with Gasteiger partial charge < -0.3 is 10.6 Å². The minimum absolute atomic E-state index is 0.115. The molecule has 3 aromatic carbocycles. The summed E-state index contributed by atoms with van der Waals surface area (Å²) < 4.78 is 0. The van der Waals surface area contributed by atoms with Gasteiger partial charge in [0.1, 0.15) is 6.07 Å². The number of benzene rings is 3. The van der Waals surface area contributed by atoms with Crippen molar-refractivity contribution in [2.45, 2.75) is 9.79 Å². The number of halogens is 1. The van der Waals surface area contributed by atoms with Crippen molar-refractivity contribution < 1.29 is 4.79 Å². The topological polar surface area (TPSA) is 64.9 Å². The van der Waals surface area contributed by atoms with Gasteiger partial charge in [-0.2, -0.15) is 5.26 Å². The van der Waals surface area contributed by atoms with Gasteiger partial charge >= 0.3 is 0 Å². The zero-order valence-electron chi connectivity index (χ0n) is 14.3. The lowest BCUT2D eigenvalue weighted by Gasteiger charge is -2.12. The first-order valence-electron chi connectivity index (χ1n) is 8.21. The Morgan fingerprint density at radius 2 is 1.78 bits per heavy atom. The summed E-state index contributed by atoms with van der Waals surface area (Å²) in [7, 11) is 0. The number of hydrogen-bond acceptors (Lipinski definition) is 4. The van der Waals surface area contributed by atoms with Crippen LogP contribution in [0.25, 0.3) is 0 Å². The third-order valence-corrected chi connectivity index (χ3v) is 5.07. The lowest BCUT2D eigenvalue weighted by atomic mass is 10.2. The summed E-state index contributed by atoms with van der Waals surface area (Å²) >= 11 is 7.63. The highest BCUT2D eigenvalue weighted by Crippen LogP contribution is 2.33. The van der Waals surface area contributed by atoms with Gasteiger partial charge in [0.2, 0.25) is 5.91 Å². The first-order chi connectivity index (χ1) is 13.2. The van der Waals surface area contributed by atoms with Crippen molar-refractivity contribution in [3.8, 4) is 6.07 Å². The summed E-state index contributed by atoms with van der Waals surface area (Å²) in [6, 6.07) is 24.7. The van der Waals surface area contributed by atoms with Crippen LogP contribution < -0.4 is 10.6 Å². The van der Waals surface area contributed by atoms with Crippen LogP contribution in [-0.2, 0) is 4.79 Å². The van der Waals surface area contributed by atoms with Crippen molar-refractivity contribution in [1.82, 2.24) is 0 Å². The minimum atomic E-state index is -0.199. The second-order valence-corrected chi connectivity index (χ2v) is 7.14. The van der Waals surface area contributed by atoms with Crippen LogP contribution >= 0.6 is 23.4 Å². The van der Waals surface area contributed by atoms with E-state index in [2.05, 4.69) is 10.6 Å². The molecule has 0 spiro atoms. The molecule has 0 unspecified atom stereocenters. The Bertz CT molecular complexity index is 986. The number of amides is 1. The fourth-order valence-electron chi connectivity index (χ4n) is 2.38. The Morgan fingerprint density at radius 3 is 2.52 bits per heavy atom. The predicted octanol–water partition coefficient (Wildman–Crippen LogP) is 5.41. The van der Waals surface area contributed by atoms with Crippen molar-refractivity contribution in [2.24, 2.45) is 0 Å². The van der Waals surface area contributed by atoms with Crippen molar-refractivity contribution in [3.05, 3.63) is 83.4 Å². The highest BCUT2D eigenvalue weighted by atomic mass is 35.5. The van der Waals surface area contributed by atoms with Gasteiger partial charge in [-0.15, -0.1) is 0 Å². The molecule has 2 N–H and O–H groups in total. The van der Waals surface area contributed by atoms with E-state index in [9.17, 15) is 4.79 Å². The van der Waals surface area contributed by atoms with E-state index >= 15 is 0 Å². The van der Waals surface area contributed by atoms with Crippen LogP contribution in [0.1, 0.15) is 5.56 Å². The van der Waals surface area contributed by atoms with Crippen LogP contribution in [0.5, 0.6) is 0 Å². The van der Waals surface area contributed by atoms with Crippen LogP contribution in [0.2, 0.25) is 5.02 Å². The lowest BCUT2D eigenvalue weighted by Crippen LogP contribution is -2.22. The van der Waals surface area contributed by atoms with Crippen LogP contribution in [0.15, 0.2) is 82.6 Å². The van der Waals surface area contributed by atoms with E-state index in [1.165, 1.54) is 0 Å². The molecule has 0 fully saturated rings. The molecule has 0 aliphatic heterocycles. The molecule has 0 heterocycles. The van der Waals surface area contributed by atoms with Gasteiger partial charge in [0, 0.05) is 21.2 Å². The van der Waals surface area contributed by atoms with Crippen molar-refractivity contribution >= 4 is 40.6 Å². The molecule has 0 aromatic heterocycles. The quantitative estimate of drug-likeness (QED) is 0.587. The maximum atomic E-state index is 12.2. The lowest BCUT2D eigenvalue weighted by molar-refractivity contribution is -0.114. The van der Waals surface area contributed by atoms with Gasteiger partial charge in [0.15, 0.2) is 0 Å². The van der Waals surface area contributed by atoms with E-state index in [1.807, 2.05) is 60.7 Å². The molecule has 27 heavy (non-hydrogen) atoms. The fraction of sp³-hybridized carbons (Fsp3) is 0.0476. The molecular formula is C21H16ClN3OS. The standard InChI is InChI=1S/C21H16ClN3OS/c22-18-12-16(11-10-15(18)13-23)25-21(26)14-24-19-8-4-5-9-20(19)27-17-6-2-1-3-7-17/h1-12,24H,14H2,(H,25,26). The molecule has 0 aliphatic rings. The maximum absolute atomic E-state index is 12.2. The Hall–Kier alpha value is -2.94. The van der Waals surface area contributed by atoms with Crippen molar-refractivity contribution in [1.29, 1.82) is 5.26 Å². The van der Waals surface area contributed by atoms with E-state index in [4.69, 9.17) is 16.9 Å². The SMILES string of the molecule is N#Cc1ccc(NC(=O)CNc2ccccc2Sc2ccccc2)cc1Cl. The fourth-order valence-corrected chi connectivity index (χ4v) is 3.55. The number of nitrogens with zero attached hydrogens (tertiary/aromatic N) is 1. The zero-order valence-corrected chi connectivity index (χ0v) is 15.8. The van der Waals surface area contributed by atoms with Crippen LogP contribution in [0, 0.1) is 11.3 Å². The zero-order chi connectivity index (χ0) is 19.1. The molecule has 0 aliphatic carbocycles. The summed E-state index contributed by atoms with van der Waals surface area (Å²) in [5.74, 6) is -0.199. The Morgan fingerprint density at radius 1 is 1.04 bits per heavy atom. The highest BCUT2D eigenvalue weighted by Gasteiger charge is 2.08. The van der Waals surface area contributed by atoms with E-state index < -0.39 is 0 Å². The first kappa shape index (κ1) is 18.8. The minimum Gasteiger partial charge on any atom is -0.375 e. The predicted molar refractivity (Wildman–Crippen MR) is 110 cm³/mol. The Kier molecular flexibility index (Phi) is 6.37. The largest absolute Gasteiger partial charge is 0.375 e. The molecule has 6 heteroatoms. The summed E-state index contributed by atoms with van der Waals surface area (Å²) in [6.07, 6.45) is 0. The van der Waals surface area contributed by atoms with E-state index in [1.54, 1.807) is 30.0 Å². The average Bonchev–Trinajstić information content (AvgIpc) is 2.68. The molecule has 0 radical (unpaired) electrons. The highest BCUT2D eigenvalue weighted by molar-refractivity contribution is 7.99. The molecule has 4 nitrogen and oxygen atoms in total. The van der Waals surface area contributed by atoms with Crippen LogP contribution in [0.3, 0.4) is 0 Å². The third-order valence-electron chi connectivity index (χ3n) is 3.67. The maximum Gasteiger partial charge on any atom is 0.243 e. The second-order valence-electron chi connectivity index (χ2n) is 5.62. The molecular weight excluding hydrogens is 378 g/mol. The van der Waals surface area contributed by atoms with Gasteiger partial charge in [-0.05, 0) is 42.5 Å². The van der Waals surface area contributed by atoms with Gasteiger partial charge in [0.05, 0.1) is 17.1 Å². The average molecular weight is 394 g/mol. The molecule has 1 amide bonds. The Balaban J connectivity index is 1.62. The second kappa shape index (κ2) is 9.13. The monoisotopic (exact) mass is 393 g/mol. The molecule has 0 bridgehead atoms. The molecule has 3 aromatic rings. The van der Waals surface area contributed by atoms with Crippen LogP contribution in [-0.4, -0.2) is 12.5 Å². The van der Waals surface area contributed by atoms with Gasteiger partial charge in [0.25, 0.3) is 0 Å². The molecule has 0 saturated carbocycles. The third kappa shape index (κ3) is 5.27. The number of rotatable bonds is 6. The smallest absolute Gasteiger partial charge is 0.243 e. The number of para-hydroxylation sites is 1. The summed E-state index contributed by atoms with van der Waals surface area (Å²) in [4.78, 5) is 14.4. The molecule has 0 saturated heterocycles. The van der Waals surface area contributed by atoms with Crippen LogP contribution in [0.4, 0.5) is 11.4 Å². The number of nitriles is 1. The summed E-state index contributed by atoms with van der Waals surface area (Å²) in [5, 5.41) is 15.2. The van der Waals surface area contributed by atoms with Crippen molar-refractivity contribution in [3.63, 3.8) is 0 Å². The summed E-state index contributed by atoms with van der Waals surface area (Å²) in [5.41, 5.74) is 1.82. The van der Waals surface area contributed by atoms with Crippen molar-refractivity contribution in [2.75, 3.05) is 17.2 Å². The molecule has 3 rings (SSSR count). The van der Waals surface area contributed by atoms with E-state index in [0.29, 0.717) is 16.3 Å². The molecule has 134 valence electrons. The van der Waals surface area contributed by atoms with Gasteiger partial charge in [-0.1, -0.05) is 53.7 Å². The van der Waals surface area contributed by atoms with Gasteiger partial charge in [-0.3, -0.25) is 4.79 Å². The number of carbonyl (C=O) groups is 1. The Labute approximate surface area is 167 Å². The number of hydrogen-bond donors (Lipinski definition) is 2. The van der Waals surface area contributed by atoms with E-state index in [0.717, 1.165) is 15.5 Å². The number of carbonyl (C=O) groups excluding carboxylic acids is 1. The van der Waals surface area contributed by atoms with Gasteiger partial charge in [-0.25, -0.2) is 0 Å². The van der Waals surface area contributed by atoms with E-state index in [-0.39, 0.29) is 12.5 Å². The summed E-state index contributed by atoms with van der Waals surface area (Å²) in [6.45, 7) is 0.115. The normalized spacial score (nSPS) is 10.1. The molecule has 0 atom stereocenters.